The van der Waals surface area contributed by atoms with Gasteiger partial charge in [0.15, 0.2) is 0 Å². The molecule has 0 unspecified atom stereocenters. The number of benzene rings is 1. The van der Waals surface area contributed by atoms with E-state index >= 15 is 0 Å². The average Bonchev–Trinajstić information content (AvgIpc) is 2.62. The summed E-state index contributed by atoms with van der Waals surface area (Å²) in [6.45, 7) is 5.39. The maximum absolute atomic E-state index is 5.48. The van der Waals surface area contributed by atoms with Crippen LogP contribution < -0.4 is 4.90 Å². The van der Waals surface area contributed by atoms with E-state index in [9.17, 15) is 0 Å². The van der Waals surface area contributed by atoms with Gasteiger partial charge < -0.3 is 9.64 Å². The highest BCUT2D eigenvalue weighted by Crippen LogP contribution is 2.35. The first-order valence-electron chi connectivity index (χ1n) is 7.97. The number of pyridine rings is 2. The largest absolute Gasteiger partial charge is 0.378 e. The summed E-state index contributed by atoms with van der Waals surface area (Å²) in [7, 11) is 0. The van der Waals surface area contributed by atoms with Gasteiger partial charge in [-0.2, -0.15) is 0 Å². The molecule has 3 aromatic rings. The zero-order valence-electron chi connectivity index (χ0n) is 13.2. The van der Waals surface area contributed by atoms with Gasteiger partial charge in [0, 0.05) is 47.7 Å². The Labute approximate surface area is 135 Å². The highest BCUT2D eigenvalue weighted by Gasteiger charge is 2.19. The van der Waals surface area contributed by atoms with Crippen LogP contribution in [0.25, 0.3) is 21.9 Å². The molecule has 1 saturated heterocycles. The van der Waals surface area contributed by atoms with Crippen LogP contribution in [0.5, 0.6) is 0 Å². The van der Waals surface area contributed by atoms with Crippen molar-refractivity contribution in [3.8, 4) is 11.1 Å². The van der Waals surface area contributed by atoms with Crippen molar-refractivity contribution >= 4 is 16.6 Å². The van der Waals surface area contributed by atoms with Gasteiger partial charge in [0.2, 0.25) is 0 Å². The Morgan fingerprint density at radius 3 is 2.52 bits per heavy atom. The number of anilines is 1. The van der Waals surface area contributed by atoms with Crippen molar-refractivity contribution in [3.63, 3.8) is 0 Å². The van der Waals surface area contributed by atoms with Crippen LogP contribution in [0, 0.1) is 6.92 Å². The van der Waals surface area contributed by atoms with Crippen molar-refractivity contribution in [3.05, 3.63) is 54.5 Å². The first-order chi connectivity index (χ1) is 11.3. The van der Waals surface area contributed by atoms with E-state index in [2.05, 4.69) is 47.1 Å². The minimum Gasteiger partial charge on any atom is -0.378 e. The lowest BCUT2D eigenvalue weighted by molar-refractivity contribution is 0.122. The van der Waals surface area contributed by atoms with E-state index in [4.69, 9.17) is 9.72 Å². The molecule has 0 aliphatic carbocycles. The van der Waals surface area contributed by atoms with Crippen LogP contribution in [-0.4, -0.2) is 36.3 Å². The molecule has 2 aromatic heterocycles. The highest BCUT2D eigenvalue weighted by molar-refractivity contribution is 6.03. The van der Waals surface area contributed by atoms with Gasteiger partial charge in [-0.3, -0.25) is 4.98 Å². The molecule has 4 nitrogen and oxygen atoms in total. The minimum absolute atomic E-state index is 0.763. The van der Waals surface area contributed by atoms with Crippen LogP contribution in [0.4, 0.5) is 5.82 Å². The zero-order chi connectivity index (χ0) is 15.6. The second-order valence-corrected chi connectivity index (χ2v) is 5.78. The number of morpholine rings is 1. The summed E-state index contributed by atoms with van der Waals surface area (Å²) in [5.74, 6) is 1.06. The Bertz CT molecular complexity index is 827. The molecule has 0 amide bonds. The van der Waals surface area contributed by atoms with Crippen molar-refractivity contribution in [1.82, 2.24) is 9.97 Å². The van der Waals surface area contributed by atoms with Crippen molar-refractivity contribution < 1.29 is 4.74 Å². The van der Waals surface area contributed by atoms with E-state index in [0.29, 0.717) is 0 Å². The molecule has 0 N–H and O–H groups in total. The van der Waals surface area contributed by atoms with Gasteiger partial charge in [0.25, 0.3) is 0 Å². The normalized spacial score (nSPS) is 15.1. The van der Waals surface area contributed by atoms with Crippen molar-refractivity contribution in [1.29, 1.82) is 0 Å². The molecule has 1 aliphatic rings. The molecule has 4 rings (SSSR count). The summed E-state index contributed by atoms with van der Waals surface area (Å²) < 4.78 is 5.48. The van der Waals surface area contributed by atoms with Crippen molar-refractivity contribution in [2.45, 2.75) is 6.92 Å². The molecule has 0 bridgehead atoms. The number of aromatic nitrogens is 2. The maximum atomic E-state index is 5.48. The zero-order valence-corrected chi connectivity index (χ0v) is 13.2. The first-order valence-corrected chi connectivity index (χ1v) is 7.97. The molecule has 1 aromatic carbocycles. The minimum atomic E-state index is 0.763. The number of fused-ring (bicyclic) bond motifs is 1. The summed E-state index contributed by atoms with van der Waals surface area (Å²) in [4.78, 5) is 11.5. The van der Waals surface area contributed by atoms with Crippen LogP contribution in [-0.2, 0) is 4.74 Å². The van der Waals surface area contributed by atoms with Crippen LogP contribution in [0.3, 0.4) is 0 Å². The van der Waals surface area contributed by atoms with E-state index in [1.54, 1.807) is 6.20 Å². The third kappa shape index (κ3) is 2.55. The smallest absolute Gasteiger partial charge is 0.136 e. The second kappa shape index (κ2) is 5.97. The van der Waals surface area contributed by atoms with Gasteiger partial charge in [0.1, 0.15) is 5.82 Å². The van der Waals surface area contributed by atoms with Gasteiger partial charge in [-0.15, -0.1) is 0 Å². The number of hydrogen-bond donors (Lipinski definition) is 0. The first kappa shape index (κ1) is 14.2. The van der Waals surface area contributed by atoms with E-state index in [1.165, 1.54) is 16.3 Å². The Morgan fingerprint density at radius 1 is 1.00 bits per heavy atom. The Morgan fingerprint density at radius 2 is 1.78 bits per heavy atom. The number of rotatable bonds is 2. The average molecular weight is 305 g/mol. The molecule has 0 spiro atoms. The second-order valence-electron chi connectivity index (χ2n) is 5.78. The van der Waals surface area contributed by atoms with Gasteiger partial charge in [-0.05, 0) is 18.4 Å². The molecule has 3 heterocycles. The number of aryl methyl sites for hydroxylation is 1. The van der Waals surface area contributed by atoms with Crippen LogP contribution in [0.15, 0.2) is 48.8 Å². The molecule has 1 aliphatic heterocycles. The lowest BCUT2D eigenvalue weighted by Crippen LogP contribution is -2.37. The van der Waals surface area contributed by atoms with Gasteiger partial charge in [0.05, 0.1) is 13.2 Å². The van der Waals surface area contributed by atoms with E-state index in [1.807, 2.05) is 12.3 Å². The van der Waals surface area contributed by atoms with Gasteiger partial charge >= 0.3 is 0 Å². The Balaban J connectivity index is 1.95. The lowest BCUT2D eigenvalue weighted by atomic mass is 9.98. The lowest BCUT2D eigenvalue weighted by Gasteiger charge is -2.29. The molecular formula is C19H19N3O. The standard InChI is InChI=1S/C19H19N3O/c1-14-18(15-5-4-8-20-13-15)16-6-2-3-7-17(16)19(21-14)22-9-11-23-12-10-22/h2-8,13H,9-12H2,1H3. The maximum Gasteiger partial charge on any atom is 0.136 e. The predicted octanol–water partition coefficient (Wildman–Crippen LogP) is 3.44. The molecule has 116 valence electrons. The SMILES string of the molecule is Cc1nc(N2CCOCC2)c2ccccc2c1-c1cccnc1. The fourth-order valence-corrected chi connectivity index (χ4v) is 3.26. The number of nitrogens with zero attached hydrogens (tertiary/aromatic N) is 3. The topological polar surface area (TPSA) is 38.2 Å². The molecule has 4 heteroatoms. The summed E-state index contributed by atoms with van der Waals surface area (Å²) in [5.41, 5.74) is 3.33. The number of ether oxygens (including phenoxy) is 1. The van der Waals surface area contributed by atoms with E-state index in [-0.39, 0.29) is 0 Å². The Hall–Kier alpha value is -2.46. The summed E-state index contributed by atoms with van der Waals surface area (Å²) in [6, 6.07) is 12.6. The molecule has 0 atom stereocenters. The Kier molecular flexibility index (Phi) is 3.67. The van der Waals surface area contributed by atoms with Gasteiger partial charge in [-0.25, -0.2) is 4.98 Å². The predicted molar refractivity (Wildman–Crippen MR) is 92.7 cm³/mol. The number of hydrogen-bond acceptors (Lipinski definition) is 4. The highest BCUT2D eigenvalue weighted by atomic mass is 16.5. The van der Waals surface area contributed by atoms with Crippen LogP contribution in [0.1, 0.15) is 5.69 Å². The fourth-order valence-electron chi connectivity index (χ4n) is 3.26. The van der Waals surface area contributed by atoms with E-state index < -0.39 is 0 Å². The molecule has 23 heavy (non-hydrogen) atoms. The molecule has 0 saturated carbocycles. The van der Waals surface area contributed by atoms with Gasteiger partial charge in [-0.1, -0.05) is 30.3 Å². The molecule has 0 radical (unpaired) electrons. The third-order valence-electron chi connectivity index (χ3n) is 4.33. The quantitative estimate of drug-likeness (QED) is 0.727. The summed E-state index contributed by atoms with van der Waals surface area (Å²) in [5, 5.41) is 2.42. The van der Waals surface area contributed by atoms with Crippen molar-refractivity contribution in [2.24, 2.45) is 0 Å². The van der Waals surface area contributed by atoms with Crippen LogP contribution >= 0.6 is 0 Å². The molecule has 1 fully saturated rings. The van der Waals surface area contributed by atoms with Crippen LogP contribution in [0.2, 0.25) is 0 Å². The van der Waals surface area contributed by atoms with E-state index in [0.717, 1.165) is 43.4 Å². The third-order valence-corrected chi connectivity index (χ3v) is 4.33. The summed E-state index contributed by atoms with van der Waals surface area (Å²) >= 11 is 0. The molecular weight excluding hydrogens is 286 g/mol. The summed E-state index contributed by atoms with van der Waals surface area (Å²) in [6.07, 6.45) is 3.71. The van der Waals surface area contributed by atoms with Crippen molar-refractivity contribution in [2.75, 3.05) is 31.2 Å². The monoisotopic (exact) mass is 305 g/mol. The fraction of sp³-hybridized carbons (Fsp3) is 0.263.